The molecule has 3 aromatic rings. The van der Waals surface area contributed by atoms with Crippen LogP contribution in [0.4, 0.5) is 11.4 Å². The lowest BCUT2D eigenvalue weighted by atomic mass is 10.1. The fraction of sp³-hybridized carbons (Fsp3) is 0.0952. The van der Waals surface area contributed by atoms with Crippen molar-refractivity contribution in [1.29, 1.82) is 0 Å². The lowest BCUT2D eigenvalue weighted by molar-refractivity contribution is 0.101. The molecule has 0 aliphatic heterocycles. The first-order valence-corrected chi connectivity index (χ1v) is 8.73. The normalized spacial score (nSPS) is 10.3. The van der Waals surface area contributed by atoms with Gasteiger partial charge in [-0.25, -0.2) is 4.98 Å². The molecule has 0 radical (unpaired) electrons. The van der Waals surface area contributed by atoms with Crippen molar-refractivity contribution in [3.8, 4) is 0 Å². The maximum absolute atomic E-state index is 12.5. The molecule has 0 spiro atoms. The zero-order chi connectivity index (χ0) is 19.4. The van der Waals surface area contributed by atoms with Crippen LogP contribution in [0.2, 0.25) is 5.02 Å². The summed E-state index contributed by atoms with van der Waals surface area (Å²) in [5, 5.41) is 6.07. The van der Waals surface area contributed by atoms with E-state index < -0.39 is 5.91 Å². The minimum absolute atomic E-state index is 0.142. The number of hydrogen-bond acceptors (Lipinski definition) is 3. The van der Waals surface area contributed by atoms with Crippen molar-refractivity contribution in [1.82, 2.24) is 4.98 Å². The first-order valence-electron chi connectivity index (χ1n) is 8.35. The summed E-state index contributed by atoms with van der Waals surface area (Å²) in [6.45, 7) is 3.87. The van der Waals surface area contributed by atoms with Gasteiger partial charge >= 0.3 is 0 Å². The van der Waals surface area contributed by atoms with Crippen molar-refractivity contribution in [3.63, 3.8) is 0 Å². The van der Waals surface area contributed by atoms with Gasteiger partial charge in [-0.3, -0.25) is 9.59 Å². The van der Waals surface area contributed by atoms with Gasteiger partial charge in [-0.1, -0.05) is 35.9 Å². The maximum atomic E-state index is 12.5. The standard InChI is InChI=1S/C21H18ClN3O2/c1-13-9-10-14(2)19(11-13)25-21(27)18-8-4-7-17(24-18)20(26)23-16-6-3-5-15(22)12-16/h3-12H,1-2H3,(H,23,26)(H,25,27). The van der Waals surface area contributed by atoms with E-state index in [1.807, 2.05) is 32.0 Å². The number of rotatable bonds is 4. The molecule has 5 nitrogen and oxygen atoms in total. The Hall–Kier alpha value is -3.18. The van der Waals surface area contributed by atoms with Crippen LogP contribution < -0.4 is 10.6 Å². The number of nitrogens with zero attached hydrogens (tertiary/aromatic N) is 1. The van der Waals surface area contributed by atoms with Gasteiger partial charge in [0, 0.05) is 16.4 Å². The van der Waals surface area contributed by atoms with Gasteiger partial charge in [0.05, 0.1) is 0 Å². The van der Waals surface area contributed by atoms with Gasteiger partial charge in [0.25, 0.3) is 11.8 Å². The molecular weight excluding hydrogens is 362 g/mol. The number of carbonyl (C=O) groups excluding carboxylic acids is 2. The number of aryl methyl sites for hydroxylation is 2. The van der Waals surface area contributed by atoms with Crippen molar-refractivity contribution in [2.45, 2.75) is 13.8 Å². The number of benzene rings is 2. The molecule has 0 aliphatic rings. The molecule has 0 fully saturated rings. The SMILES string of the molecule is Cc1ccc(C)c(NC(=O)c2cccc(C(=O)Nc3cccc(Cl)c3)n2)c1. The zero-order valence-electron chi connectivity index (χ0n) is 14.9. The third-order valence-corrected chi connectivity index (χ3v) is 4.17. The summed E-state index contributed by atoms with van der Waals surface area (Å²) in [6.07, 6.45) is 0. The smallest absolute Gasteiger partial charge is 0.274 e. The Labute approximate surface area is 162 Å². The topological polar surface area (TPSA) is 71.1 Å². The van der Waals surface area contributed by atoms with Crippen LogP contribution in [0.15, 0.2) is 60.7 Å². The highest BCUT2D eigenvalue weighted by Gasteiger charge is 2.14. The van der Waals surface area contributed by atoms with Crippen LogP contribution in [0.3, 0.4) is 0 Å². The summed E-state index contributed by atoms with van der Waals surface area (Å²) in [5.41, 5.74) is 3.57. The minimum Gasteiger partial charge on any atom is -0.321 e. The molecule has 6 heteroatoms. The summed E-state index contributed by atoms with van der Waals surface area (Å²) < 4.78 is 0. The average molecular weight is 380 g/mol. The number of carbonyl (C=O) groups is 2. The fourth-order valence-electron chi connectivity index (χ4n) is 2.51. The molecule has 136 valence electrons. The first kappa shape index (κ1) is 18.6. The van der Waals surface area contributed by atoms with Crippen LogP contribution in [-0.4, -0.2) is 16.8 Å². The zero-order valence-corrected chi connectivity index (χ0v) is 15.7. The van der Waals surface area contributed by atoms with E-state index in [9.17, 15) is 9.59 Å². The second kappa shape index (κ2) is 8.01. The van der Waals surface area contributed by atoms with E-state index in [1.165, 1.54) is 0 Å². The Morgan fingerprint density at radius 1 is 0.852 bits per heavy atom. The van der Waals surface area contributed by atoms with Crippen LogP contribution in [-0.2, 0) is 0 Å². The monoisotopic (exact) mass is 379 g/mol. The van der Waals surface area contributed by atoms with Crippen LogP contribution in [0.25, 0.3) is 0 Å². The third kappa shape index (κ3) is 4.71. The molecule has 1 heterocycles. The quantitative estimate of drug-likeness (QED) is 0.680. The Morgan fingerprint density at radius 3 is 2.22 bits per heavy atom. The second-order valence-electron chi connectivity index (χ2n) is 6.15. The number of anilines is 2. The molecule has 2 N–H and O–H groups in total. The summed E-state index contributed by atoms with van der Waals surface area (Å²) in [6, 6.07) is 17.4. The summed E-state index contributed by atoms with van der Waals surface area (Å²) in [5.74, 6) is -0.792. The van der Waals surface area contributed by atoms with Crippen LogP contribution in [0.5, 0.6) is 0 Å². The minimum atomic E-state index is -0.418. The number of aromatic nitrogens is 1. The van der Waals surface area contributed by atoms with Crippen molar-refractivity contribution >= 4 is 34.8 Å². The maximum Gasteiger partial charge on any atom is 0.274 e. The first-order chi connectivity index (χ1) is 12.9. The molecule has 1 aromatic heterocycles. The van der Waals surface area contributed by atoms with Gasteiger partial charge in [-0.05, 0) is 61.4 Å². The lowest BCUT2D eigenvalue weighted by Gasteiger charge is -2.10. The van der Waals surface area contributed by atoms with E-state index in [0.29, 0.717) is 10.7 Å². The Bertz CT molecular complexity index is 1020. The summed E-state index contributed by atoms with van der Waals surface area (Å²) >= 11 is 5.92. The van der Waals surface area contributed by atoms with Crippen molar-refractivity contribution in [2.24, 2.45) is 0 Å². The van der Waals surface area contributed by atoms with Crippen molar-refractivity contribution < 1.29 is 9.59 Å². The highest BCUT2D eigenvalue weighted by molar-refractivity contribution is 6.31. The second-order valence-corrected chi connectivity index (χ2v) is 6.58. The number of halogens is 1. The Morgan fingerprint density at radius 2 is 1.52 bits per heavy atom. The van der Waals surface area contributed by atoms with Crippen molar-refractivity contribution in [3.05, 3.63) is 88.2 Å². The number of nitrogens with one attached hydrogen (secondary N) is 2. The third-order valence-electron chi connectivity index (χ3n) is 3.94. The van der Waals surface area contributed by atoms with Gasteiger partial charge in [-0.15, -0.1) is 0 Å². The number of hydrogen-bond donors (Lipinski definition) is 2. The van der Waals surface area contributed by atoms with Gasteiger partial charge < -0.3 is 10.6 Å². The highest BCUT2D eigenvalue weighted by atomic mass is 35.5. The van der Waals surface area contributed by atoms with E-state index >= 15 is 0 Å². The van der Waals surface area contributed by atoms with Gasteiger partial charge in [-0.2, -0.15) is 0 Å². The number of pyridine rings is 1. The Balaban J connectivity index is 1.77. The average Bonchev–Trinajstić information content (AvgIpc) is 2.65. The van der Waals surface area contributed by atoms with Crippen LogP contribution in [0, 0.1) is 13.8 Å². The molecule has 0 atom stereocenters. The predicted octanol–water partition coefficient (Wildman–Crippen LogP) is 4.86. The van der Waals surface area contributed by atoms with E-state index in [0.717, 1.165) is 16.8 Å². The van der Waals surface area contributed by atoms with Crippen LogP contribution >= 0.6 is 11.6 Å². The molecular formula is C21H18ClN3O2. The van der Waals surface area contributed by atoms with E-state index in [4.69, 9.17) is 11.6 Å². The summed E-state index contributed by atoms with van der Waals surface area (Å²) in [4.78, 5) is 29.1. The highest BCUT2D eigenvalue weighted by Crippen LogP contribution is 2.18. The predicted molar refractivity (Wildman–Crippen MR) is 108 cm³/mol. The molecule has 2 aromatic carbocycles. The largest absolute Gasteiger partial charge is 0.321 e. The molecule has 0 unspecified atom stereocenters. The number of amides is 2. The molecule has 2 amide bonds. The van der Waals surface area contributed by atoms with E-state index in [1.54, 1.807) is 42.5 Å². The van der Waals surface area contributed by atoms with E-state index in [-0.39, 0.29) is 17.3 Å². The molecule has 0 bridgehead atoms. The van der Waals surface area contributed by atoms with Crippen LogP contribution in [0.1, 0.15) is 32.1 Å². The van der Waals surface area contributed by atoms with Gasteiger partial charge in [0.15, 0.2) is 0 Å². The lowest BCUT2D eigenvalue weighted by Crippen LogP contribution is -2.18. The van der Waals surface area contributed by atoms with E-state index in [2.05, 4.69) is 15.6 Å². The summed E-state index contributed by atoms with van der Waals surface area (Å²) in [7, 11) is 0. The van der Waals surface area contributed by atoms with Gasteiger partial charge in [0.2, 0.25) is 0 Å². The molecule has 27 heavy (non-hydrogen) atoms. The molecule has 0 saturated carbocycles. The molecule has 3 rings (SSSR count). The Kier molecular flexibility index (Phi) is 5.52. The van der Waals surface area contributed by atoms with Crippen molar-refractivity contribution in [2.75, 3.05) is 10.6 Å². The van der Waals surface area contributed by atoms with Gasteiger partial charge in [0.1, 0.15) is 11.4 Å². The molecule has 0 saturated heterocycles. The fourth-order valence-corrected chi connectivity index (χ4v) is 2.70. The molecule has 0 aliphatic carbocycles.